The van der Waals surface area contributed by atoms with Crippen LogP contribution < -0.4 is 4.74 Å². The first-order valence-electron chi connectivity index (χ1n) is 9.39. The molecule has 4 rings (SSSR count). The summed E-state index contributed by atoms with van der Waals surface area (Å²) >= 11 is 0. The van der Waals surface area contributed by atoms with Crippen LogP contribution in [0.5, 0.6) is 5.75 Å². The van der Waals surface area contributed by atoms with Gasteiger partial charge in [-0.25, -0.2) is 0 Å². The summed E-state index contributed by atoms with van der Waals surface area (Å²) in [5.41, 5.74) is 5.42. The zero-order valence-electron chi connectivity index (χ0n) is 16.6. The molecule has 2 aromatic heterocycles. The van der Waals surface area contributed by atoms with Gasteiger partial charge in [-0.15, -0.1) is 19.0 Å². The number of rotatable bonds is 7. The number of aryl methyl sites for hydroxylation is 1. The summed E-state index contributed by atoms with van der Waals surface area (Å²) in [5.74, 6) is 1.48. The van der Waals surface area contributed by atoms with Crippen molar-refractivity contribution in [2.75, 3.05) is 6.79 Å². The van der Waals surface area contributed by atoms with Crippen molar-refractivity contribution in [3.63, 3.8) is 0 Å². The highest BCUT2D eigenvalue weighted by Crippen LogP contribution is 2.33. The van der Waals surface area contributed by atoms with Gasteiger partial charge in [0.15, 0.2) is 11.9 Å². The number of nitrogens with zero attached hydrogens (tertiary/aromatic N) is 2. The van der Waals surface area contributed by atoms with Crippen LogP contribution in [-0.4, -0.2) is 22.4 Å². The zero-order valence-corrected chi connectivity index (χ0v) is 17.4. The molecule has 1 atom stereocenters. The molecule has 0 radical (unpaired) electrons. The molecule has 3 aromatic rings. The van der Waals surface area contributed by atoms with E-state index in [2.05, 4.69) is 42.1 Å². The lowest BCUT2D eigenvalue weighted by molar-refractivity contribution is 0.0559. The summed E-state index contributed by atoms with van der Waals surface area (Å²) in [4.78, 5) is 4.59. The van der Waals surface area contributed by atoms with Crippen LogP contribution in [0.3, 0.4) is 0 Å². The predicted molar refractivity (Wildman–Crippen MR) is 116 cm³/mol. The summed E-state index contributed by atoms with van der Waals surface area (Å²) in [7, 11) is 0. The lowest BCUT2D eigenvalue weighted by Gasteiger charge is -2.20. The van der Waals surface area contributed by atoms with Crippen LogP contribution in [0.25, 0.3) is 11.0 Å². The van der Waals surface area contributed by atoms with E-state index in [9.17, 15) is 0 Å². The van der Waals surface area contributed by atoms with Crippen molar-refractivity contribution in [3.05, 3.63) is 84.1 Å². The van der Waals surface area contributed by atoms with E-state index in [-0.39, 0.29) is 25.3 Å². The molecule has 5 nitrogen and oxygen atoms in total. The maximum atomic E-state index is 6.50. The van der Waals surface area contributed by atoms with Crippen LogP contribution in [0.15, 0.2) is 67.3 Å². The molecule has 1 unspecified atom stereocenters. The van der Waals surface area contributed by atoms with Crippen LogP contribution in [0.2, 0.25) is 0 Å². The van der Waals surface area contributed by atoms with Gasteiger partial charge in [-0.3, -0.25) is 4.98 Å². The Labute approximate surface area is 177 Å². The Balaban J connectivity index is 0.00000240. The molecule has 29 heavy (non-hydrogen) atoms. The van der Waals surface area contributed by atoms with Crippen molar-refractivity contribution in [1.82, 2.24) is 9.55 Å². The smallest absolute Gasteiger partial charge is 0.230 e. The maximum Gasteiger partial charge on any atom is 0.230 e. The molecule has 0 amide bonds. The molecule has 152 valence electrons. The Kier molecular flexibility index (Phi) is 6.49. The first kappa shape index (κ1) is 20.8. The summed E-state index contributed by atoms with van der Waals surface area (Å²) in [6.07, 6.45) is 5.72. The van der Waals surface area contributed by atoms with Gasteiger partial charge in [0.25, 0.3) is 0 Å². The Bertz CT molecular complexity index is 1030. The molecule has 1 aromatic carbocycles. The molecule has 1 aliphatic heterocycles. The molecular weight excluding hydrogens is 388 g/mol. The molecule has 0 saturated heterocycles. The van der Waals surface area contributed by atoms with Crippen molar-refractivity contribution in [2.45, 2.75) is 32.9 Å². The van der Waals surface area contributed by atoms with Gasteiger partial charge in [0.05, 0.1) is 5.52 Å². The van der Waals surface area contributed by atoms with E-state index in [0.29, 0.717) is 18.7 Å². The van der Waals surface area contributed by atoms with Gasteiger partial charge in [0.1, 0.15) is 17.5 Å². The van der Waals surface area contributed by atoms with Crippen LogP contribution in [0, 0.1) is 13.8 Å². The fraction of sp³-hybridized carbons (Fsp3) is 0.261. The van der Waals surface area contributed by atoms with E-state index in [1.54, 1.807) is 12.5 Å². The molecule has 0 bridgehead atoms. The Morgan fingerprint density at radius 1 is 1.24 bits per heavy atom. The second-order valence-corrected chi connectivity index (χ2v) is 6.86. The number of aromatic nitrogens is 2. The molecule has 0 saturated carbocycles. The van der Waals surface area contributed by atoms with Crippen LogP contribution in [0.1, 0.15) is 16.8 Å². The Hall–Kier alpha value is -2.92. The van der Waals surface area contributed by atoms with Crippen LogP contribution in [0.4, 0.5) is 0 Å². The molecule has 0 N–H and O–H groups in total. The molecule has 0 fully saturated rings. The van der Waals surface area contributed by atoms with Crippen molar-refractivity contribution in [2.24, 2.45) is 0 Å². The average Bonchev–Trinajstić information content (AvgIpc) is 3.33. The third-order valence-corrected chi connectivity index (χ3v) is 5.12. The van der Waals surface area contributed by atoms with E-state index in [1.807, 2.05) is 30.3 Å². The summed E-state index contributed by atoms with van der Waals surface area (Å²) in [5, 5.41) is 0. The van der Waals surface area contributed by atoms with Gasteiger partial charge < -0.3 is 18.8 Å². The lowest BCUT2D eigenvalue weighted by atomic mass is 10.1. The topological polar surface area (TPSA) is 45.5 Å². The number of benzene rings is 1. The summed E-state index contributed by atoms with van der Waals surface area (Å²) in [6.45, 7) is 9.00. The zero-order chi connectivity index (χ0) is 19.5. The average molecular weight is 413 g/mol. The monoisotopic (exact) mass is 412 g/mol. The van der Waals surface area contributed by atoms with E-state index < -0.39 is 0 Å². The predicted octanol–water partition coefficient (Wildman–Crippen LogP) is 5.10. The van der Waals surface area contributed by atoms with Gasteiger partial charge in [0.2, 0.25) is 6.79 Å². The van der Waals surface area contributed by atoms with E-state index in [4.69, 9.17) is 14.2 Å². The van der Waals surface area contributed by atoms with Gasteiger partial charge in [-0.2, -0.15) is 0 Å². The molecule has 0 spiro atoms. The standard InChI is InChI=1S/C23H24N2O3.ClH/c1-4-12-25-17(3)16(2)22-23(25)19(10-11-24-22)28-20(21-14-26-15-27-21)13-18-8-6-5-7-9-18;/h4-11,14,20H,1,12-13,15H2,2-3H3;1H. The molecule has 0 aliphatic carbocycles. The number of allylic oxidation sites excluding steroid dienone is 1. The van der Waals surface area contributed by atoms with Gasteiger partial charge in [-0.05, 0) is 25.0 Å². The number of hydrogen-bond acceptors (Lipinski definition) is 4. The van der Waals surface area contributed by atoms with E-state index in [0.717, 1.165) is 28.0 Å². The minimum absolute atomic E-state index is 0. The SMILES string of the molecule is C=CCn1c(C)c(C)c2nccc(OC(Cc3ccccc3)C3=COCO3)c21.Cl. The van der Waals surface area contributed by atoms with E-state index >= 15 is 0 Å². The Morgan fingerprint density at radius 2 is 2.03 bits per heavy atom. The summed E-state index contributed by atoms with van der Waals surface area (Å²) in [6, 6.07) is 12.1. The van der Waals surface area contributed by atoms with Gasteiger partial charge in [0, 0.05) is 30.9 Å². The van der Waals surface area contributed by atoms with Crippen LogP contribution >= 0.6 is 12.4 Å². The quantitative estimate of drug-likeness (QED) is 0.506. The first-order valence-corrected chi connectivity index (χ1v) is 9.39. The van der Waals surface area contributed by atoms with Crippen molar-refractivity contribution >= 4 is 23.4 Å². The van der Waals surface area contributed by atoms with Crippen molar-refractivity contribution < 1.29 is 14.2 Å². The largest absolute Gasteiger partial charge is 0.480 e. The fourth-order valence-electron chi connectivity index (χ4n) is 3.57. The third-order valence-electron chi connectivity index (χ3n) is 5.12. The van der Waals surface area contributed by atoms with Gasteiger partial charge in [-0.1, -0.05) is 36.4 Å². The second kappa shape index (κ2) is 9.05. The summed E-state index contributed by atoms with van der Waals surface area (Å²) < 4.78 is 19.6. The van der Waals surface area contributed by atoms with Crippen LogP contribution in [-0.2, 0) is 22.4 Å². The van der Waals surface area contributed by atoms with Crippen molar-refractivity contribution in [1.29, 1.82) is 0 Å². The molecule has 6 heteroatoms. The van der Waals surface area contributed by atoms with Gasteiger partial charge >= 0.3 is 0 Å². The number of hydrogen-bond donors (Lipinski definition) is 0. The second-order valence-electron chi connectivity index (χ2n) is 6.86. The highest BCUT2D eigenvalue weighted by atomic mass is 35.5. The normalized spacial score (nSPS) is 13.8. The Morgan fingerprint density at radius 3 is 2.72 bits per heavy atom. The number of fused-ring (bicyclic) bond motifs is 1. The number of ether oxygens (including phenoxy) is 3. The molecule has 1 aliphatic rings. The lowest BCUT2D eigenvalue weighted by Crippen LogP contribution is -2.23. The third kappa shape index (κ3) is 4.10. The van der Waals surface area contributed by atoms with E-state index in [1.165, 1.54) is 5.56 Å². The first-order chi connectivity index (χ1) is 13.7. The minimum atomic E-state index is -0.289. The molecular formula is C23H25ClN2O3. The fourth-order valence-corrected chi connectivity index (χ4v) is 3.57. The highest BCUT2D eigenvalue weighted by molar-refractivity contribution is 5.86. The molecule has 3 heterocycles. The number of pyridine rings is 1. The number of halogens is 1. The highest BCUT2D eigenvalue weighted by Gasteiger charge is 2.25. The minimum Gasteiger partial charge on any atom is -0.480 e. The van der Waals surface area contributed by atoms with Crippen molar-refractivity contribution in [3.8, 4) is 5.75 Å². The maximum absolute atomic E-state index is 6.50.